The van der Waals surface area contributed by atoms with Gasteiger partial charge in [0, 0.05) is 5.56 Å². The number of nitrogens with one attached hydrogen (secondary N) is 2. The topological polar surface area (TPSA) is 58.0 Å². The molecule has 0 saturated carbocycles. The van der Waals surface area contributed by atoms with Crippen molar-refractivity contribution in [2.24, 2.45) is 0 Å². The normalized spacial score (nSPS) is 12.7. The number of rotatable bonds is 3. The van der Waals surface area contributed by atoms with Crippen molar-refractivity contribution in [3.63, 3.8) is 0 Å². The first-order valence-electron chi connectivity index (χ1n) is 6.34. The molecule has 4 nitrogen and oxygen atoms in total. The summed E-state index contributed by atoms with van der Waals surface area (Å²) in [5, 5.41) is 3.12. The van der Waals surface area contributed by atoms with Crippen molar-refractivity contribution in [1.29, 1.82) is 0 Å². The first kappa shape index (κ1) is 13.9. The lowest BCUT2D eigenvalue weighted by atomic mass is 9.98. The Bertz CT molecular complexity index is 856. The molecular formula is C15H12ClFN2O2. The van der Waals surface area contributed by atoms with E-state index in [1.54, 1.807) is 37.4 Å². The third-order valence-electron chi connectivity index (χ3n) is 3.36. The molecule has 0 aliphatic carbocycles. The molecule has 0 spiro atoms. The summed E-state index contributed by atoms with van der Waals surface area (Å²) in [5.41, 5.74) is 2.24. The summed E-state index contributed by atoms with van der Waals surface area (Å²) < 4.78 is 19.2. The van der Waals surface area contributed by atoms with Crippen LogP contribution < -0.4 is 11.1 Å². The van der Waals surface area contributed by atoms with E-state index < -0.39 is 17.6 Å². The molecule has 0 radical (unpaired) electrons. The Morgan fingerprint density at radius 3 is 2.90 bits per heavy atom. The third-order valence-corrected chi connectivity index (χ3v) is 3.65. The minimum absolute atomic E-state index is 0.0713. The summed E-state index contributed by atoms with van der Waals surface area (Å²) >= 11 is 5.83. The molecule has 108 valence electrons. The van der Waals surface area contributed by atoms with Crippen LogP contribution in [-0.2, 0) is 0 Å². The van der Waals surface area contributed by atoms with Crippen molar-refractivity contribution in [1.82, 2.24) is 10.3 Å². The molecule has 3 rings (SSSR count). The van der Waals surface area contributed by atoms with Crippen LogP contribution in [0.25, 0.3) is 11.1 Å². The number of aromatic nitrogens is 1. The predicted octanol–water partition coefficient (Wildman–Crippen LogP) is 3.22. The SMILES string of the molecule is CNC(c1ccc2[nH]c(=O)oc2c1)c1cccc(Cl)c1F. The maximum atomic E-state index is 14.2. The van der Waals surface area contributed by atoms with E-state index in [4.69, 9.17) is 16.0 Å². The average molecular weight is 307 g/mol. The Balaban J connectivity index is 2.13. The van der Waals surface area contributed by atoms with Crippen LogP contribution in [0.2, 0.25) is 5.02 Å². The van der Waals surface area contributed by atoms with Gasteiger partial charge in [0.05, 0.1) is 16.6 Å². The van der Waals surface area contributed by atoms with Crippen molar-refractivity contribution in [2.45, 2.75) is 6.04 Å². The molecule has 21 heavy (non-hydrogen) atoms. The molecule has 1 unspecified atom stereocenters. The summed E-state index contributed by atoms with van der Waals surface area (Å²) in [6, 6.07) is 9.70. The Hall–Kier alpha value is -2.11. The lowest BCUT2D eigenvalue weighted by molar-refractivity contribution is 0.552. The highest BCUT2D eigenvalue weighted by Crippen LogP contribution is 2.29. The van der Waals surface area contributed by atoms with Gasteiger partial charge in [0.1, 0.15) is 5.82 Å². The van der Waals surface area contributed by atoms with E-state index in [-0.39, 0.29) is 5.02 Å². The third kappa shape index (κ3) is 2.46. The summed E-state index contributed by atoms with van der Waals surface area (Å²) in [5.74, 6) is -0.980. The Kier molecular flexibility index (Phi) is 3.53. The Morgan fingerprint density at radius 1 is 1.33 bits per heavy atom. The first-order chi connectivity index (χ1) is 10.1. The molecule has 1 heterocycles. The van der Waals surface area contributed by atoms with Gasteiger partial charge in [-0.15, -0.1) is 0 Å². The number of hydrogen-bond donors (Lipinski definition) is 2. The van der Waals surface area contributed by atoms with Crippen molar-refractivity contribution in [2.75, 3.05) is 7.05 Å². The Morgan fingerprint density at radius 2 is 2.14 bits per heavy atom. The standard InChI is InChI=1S/C15H12ClFN2O2/c1-18-14(9-3-2-4-10(16)13(9)17)8-5-6-11-12(7-8)21-15(20)19-11/h2-7,14,18H,1H3,(H,19,20). The van der Waals surface area contributed by atoms with Crippen molar-refractivity contribution >= 4 is 22.7 Å². The van der Waals surface area contributed by atoms with Crippen LogP contribution in [0.5, 0.6) is 0 Å². The minimum Gasteiger partial charge on any atom is -0.408 e. The van der Waals surface area contributed by atoms with Crippen LogP contribution in [0, 0.1) is 5.82 Å². The van der Waals surface area contributed by atoms with Crippen LogP contribution >= 0.6 is 11.6 Å². The summed E-state index contributed by atoms with van der Waals surface area (Å²) in [6.45, 7) is 0. The zero-order valence-electron chi connectivity index (χ0n) is 11.1. The number of H-pyrrole nitrogens is 1. The Labute approximate surface area is 124 Å². The number of aromatic amines is 1. The first-order valence-corrected chi connectivity index (χ1v) is 6.72. The second kappa shape index (κ2) is 5.35. The zero-order valence-corrected chi connectivity index (χ0v) is 11.9. The van der Waals surface area contributed by atoms with Gasteiger partial charge < -0.3 is 9.73 Å². The molecule has 1 atom stereocenters. The molecular weight excluding hydrogens is 295 g/mol. The predicted molar refractivity (Wildman–Crippen MR) is 79.1 cm³/mol. The van der Waals surface area contributed by atoms with Crippen molar-refractivity contribution in [3.05, 3.63) is 68.9 Å². The largest absolute Gasteiger partial charge is 0.417 e. The number of benzene rings is 2. The van der Waals surface area contributed by atoms with Crippen LogP contribution in [-0.4, -0.2) is 12.0 Å². The van der Waals surface area contributed by atoms with Crippen molar-refractivity contribution < 1.29 is 8.81 Å². The van der Waals surface area contributed by atoms with Crippen LogP contribution in [0.15, 0.2) is 45.6 Å². The summed E-state index contributed by atoms with van der Waals surface area (Å²) in [4.78, 5) is 13.8. The fourth-order valence-corrected chi connectivity index (χ4v) is 2.57. The highest BCUT2D eigenvalue weighted by molar-refractivity contribution is 6.30. The molecule has 0 aliphatic heterocycles. The van der Waals surface area contributed by atoms with Crippen LogP contribution in [0.4, 0.5) is 4.39 Å². The molecule has 1 aromatic heterocycles. The minimum atomic E-state index is -0.517. The fourth-order valence-electron chi connectivity index (χ4n) is 2.39. The second-order valence-corrected chi connectivity index (χ2v) is 5.04. The van der Waals surface area contributed by atoms with Crippen LogP contribution in [0.3, 0.4) is 0 Å². The van der Waals surface area contributed by atoms with E-state index >= 15 is 0 Å². The summed E-state index contributed by atoms with van der Waals surface area (Å²) in [6.07, 6.45) is 0. The zero-order chi connectivity index (χ0) is 15.0. The second-order valence-electron chi connectivity index (χ2n) is 4.63. The number of oxazole rings is 1. The fraction of sp³-hybridized carbons (Fsp3) is 0.133. The van der Waals surface area contributed by atoms with Gasteiger partial charge in [0.2, 0.25) is 0 Å². The number of hydrogen-bond acceptors (Lipinski definition) is 3. The maximum Gasteiger partial charge on any atom is 0.417 e. The number of halogens is 2. The highest BCUT2D eigenvalue weighted by atomic mass is 35.5. The van der Waals surface area contributed by atoms with Gasteiger partial charge >= 0.3 is 5.76 Å². The highest BCUT2D eigenvalue weighted by Gasteiger charge is 2.18. The van der Waals surface area contributed by atoms with E-state index in [2.05, 4.69) is 10.3 Å². The van der Waals surface area contributed by atoms with Gasteiger partial charge in [-0.25, -0.2) is 9.18 Å². The lowest BCUT2D eigenvalue weighted by Crippen LogP contribution is -2.19. The van der Waals surface area contributed by atoms with Gasteiger partial charge in [0.15, 0.2) is 5.58 Å². The number of fused-ring (bicyclic) bond motifs is 1. The van der Waals surface area contributed by atoms with Gasteiger partial charge in [-0.1, -0.05) is 29.8 Å². The van der Waals surface area contributed by atoms with E-state index in [0.29, 0.717) is 16.7 Å². The van der Waals surface area contributed by atoms with E-state index in [1.807, 2.05) is 0 Å². The van der Waals surface area contributed by atoms with E-state index in [9.17, 15) is 9.18 Å². The molecule has 2 N–H and O–H groups in total. The van der Waals surface area contributed by atoms with Gasteiger partial charge in [-0.2, -0.15) is 0 Å². The quantitative estimate of drug-likeness (QED) is 0.781. The molecule has 0 amide bonds. The maximum absolute atomic E-state index is 14.2. The smallest absolute Gasteiger partial charge is 0.408 e. The molecule has 0 bridgehead atoms. The van der Waals surface area contributed by atoms with Gasteiger partial charge in [0.25, 0.3) is 0 Å². The van der Waals surface area contributed by atoms with Gasteiger partial charge in [-0.05, 0) is 30.8 Å². The molecule has 0 fully saturated rings. The van der Waals surface area contributed by atoms with Crippen molar-refractivity contribution in [3.8, 4) is 0 Å². The van der Waals surface area contributed by atoms with Crippen LogP contribution in [0.1, 0.15) is 17.2 Å². The molecule has 2 aromatic carbocycles. The van der Waals surface area contributed by atoms with E-state index in [1.165, 1.54) is 6.07 Å². The van der Waals surface area contributed by atoms with E-state index in [0.717, 1.165) is 5.56 Å². The monoisotopic (exact) mass is 306 g/mol. The lowest BCUT2D eigenvalue weighted by Gasteiger charge is -2.18. The molecule has 3 aromatic rings. The average Bonchev–Trinajstić information content (AvgIpc) is 2.83. The molecule has 0 aliphatic rings. The van der Waals surface area contributed by atoms with Gasteiger partial charge in [-0.3, -0.25) is 4.98 Å². The summed E-state index contributed by atoms with van der Waals surface area (Å²) in [7, 11) is 1.72. The molecule has 6 heteroatoms. The molecule has 0 saturated heterocycles.